The monoisotopic (exact) mass is 299 g/mol. The van der Waals surface area contributed by atoms with Crippen molar-refractivity contribution in [3.63, 3.8) is 0 Å². The lowest BCUT2D eigenvalue weighted by Crippen LogP contribution is -2.39. The molecule has 1 rings (SSSR count). The van der Waals surface area contributed by atoms with Gasteiger partial charge >= 0.3 is 5.97 Å². The summed E-state index contributed by atoms with van der Waals surface area (Å²) in [6.07, 6.45) is 1.91. The average Bonchev–Trinajstić information content (AvgIpc) is 2.39. The Hall–Kier alpha value is -1.40. The predicted octanol–water partition coefficient (Wildman–Crippen LogP) is 1.87. The van der Waals surface area contributed by atoms with E-state index in [0.717, 1.165) is 18.4 Å². The number of sulfonamides is 1. The Kier molecular flexibility index (Phi) is 6.16. The maximum absolute atomic E-state index is 12.1. The maximum atomic E-state index is 12.1. The highest BCUT2D eigenvalue weighted by atomic mass is 32.2. The van der Waals surface area contributed by atoms with E-state index in [2.05, 4.69) is 11.6 Å². The molecule has 112 valence electrons. The van der Waals surface area contributed by atoms with E-state index < -0.39 is 22.0 Å². The minimum Gasteiger partial charge on any atom is -0.465 e. The maximum Gasteiger partial charge on any atom is 0.323 e. The van der Waals surface area contributed by atoms with Crippen LogP contribution in [0, 0.1) is 0 Å². The topological polar surface area (TPSA) is 72.5 Å². The van der Waals surface area contributed by atoms with Gasteiger partial charge in [-0.15, -0.1) is 0 Å². The van der Waals surface area contributed by atoms with Crippen LogP contribution in [-0.4, -0.2) is 27.0 Å². The average molecular weight is 299 g/mol. The van der Waals surface area contributed by atoms with Crippen LogP contribution in [0.25, 0.3) is 0 Å². The van der Waals surface area contributed by atoms with Crippen molar-refractivity contribution in [2.75, 3.05) is 6.61 Å². The molecule has 0 aromatic heterocycles. The van der Waals surface area contributed by atoms with E-state index in [9.17, 15) is 13.2 Å². The lowest BCUT2D eigenvalue weighted by atomic mass is 10.1. The number of ether oxygens (including phenoxy) is 1. The van der Waals surface area contributed by atoms with Gasteiger partial charge in [-0.1, -0.05) is 25.5 Å². The Bertz CT molecular complexity index is 537. The van der Waals surface area contributed by atoms with Crippen LogP contribution in [0.4, 0.5) is 0 Å². The standard InChI is InChI=1S/C14H21NO4S/c1-4-6-12-7-9-13(10-8-12)20(17,18)15-11(3)14(16)19-5-2/h7-11,15H,4-6H2,1-3H3. The second-order valence-electron chi connectivity index (χ2n) is 4.49. The molecule has 0 fully saturated rings. The molecule has 1 N–H and O–H groups in total. The molecule has 0 amide bonds. The fourth-order valence-electron chi connectivity index (χ4n) is 1.74. The van der Waals surface area contributed by atoms with Gasteiger partial charge in [0.2, 0.25) is 10.0 Å². The second-order valence-corrected chi connectivity index (χ2v) is 6.20. The zero-order valence-electron chi connectivity index (χ0n) is 12.0. The van der Waals surface area contributed by atoms with Crippen molar-refractivity contribution in [3.8, 4) is 0 Å². The number of carbonyl (C=O) groups excluding carboxylic acids is 1. The minimum absolute atomic E-state index is 0.147. The van der Waals surface area contributed by atoms with Crippen molar-refractivity contribution in [2.45, 2.75) is 44.6 Å². The molecule has 1 aromatic rings. The lowest BCUT2D eigenvalue weighted by Gasteiger charge is -2.13. The third-order valence-electron chi connectivity index (χ3n) is 2.74. The van der Waals surface area contributed by atoms with Crippen LogP contribution < -0.4 is 4.72 Å². The third kappa shape index (κ3) is 4.61. The molecular weight excluding hydrogens is 278 g/mol. The molecule has 1 unspecified atom stereocenters. The third-order valence-corrected chi connectivity index (χ3v) is 4.30. The van der Waals surface area contributed by atoms with Gasteiger partial charge in [-0.3, -0.25) is 4.79 Å². The Morgan fingerprint density at radius 3 is 2.35 bits per heavy atom. The number of esters is 1. The first kappa shape index (κ1) is 16.7. The van der Waals surface area contributed by atoms with E-state index in [1.165, 1.54) is 6.92 Å². The van der Waals surface area contributed by atoms with E-state index >= 15 is 0 Å². The molecule has 0 radical (unpaired) electrons. The van der Waals surface area contributed by atoms with Crippen molar-refractivity contribution in [1.29, 1.82) is 0 Å². The van der Waals surface area contributed by atoms with Gasteiger partial charge in [0, 0.05) is 0 Å². The van der Waals surface area contributed by atoms with Gasteiger partial charge in [0.05, 0.1) is 11.5 Å². The van der Waals surface area contributed by atoms with Crippen LogP contribution in [-0.2, 0) is 26.0 Å². The van der Waals surface area contributed by atoms with E-state index in [4.69, 9.17) is 4.74 Å². The zero-order chi connectivity index (χ0) is 15.2. The predicted molar refractivity (Wildman–Crippen MR) is 76.9 cm³/mol. The molecular formula is C14H21NO4S. The summed E-state index contributed by atoms with van der Waals surface area (Å²) in [5.74, 6) is -0.585. The van der Waals surface area contributed by atoms with Crippen LogP contribution in [0.15, 0.2) is 29.2 Å². The van der Waals surface area contributed by atoms with Gasteiger partial charge in [-0.2, -0.15) is 4.72 Å². The fourth-order valence-corrected chi connectivity index (χ4v) is 2.93. The van der Waals surface area contributed by atoms with Crippen molar-refractivity contribution >= 4 is 16.0 Å². The van der Waals surface area contributed by atoms with Crippen molar-refractivity contribution in [2.24, 2.45) is 0 Å². The Morgan fingerprint density at radius 1 is 1.25 bits per heavy atom. The number of hydrogen-bond donors (Lipinski definition) is 1. The summed E-state index contributed by atoms with van der Waals surface area (Å²) in [4.78, 5) is 11.6. The van der Waals surface area contributed by atoms with Gasteiger partial charge in [-0.25, -0.2) is 8.42 Å². The fraction of sp³-hybridized carbons (Fsp3) is 0.500. The molecule has 1 atom stereocenters. The molecule has 0 saturated heterocycles. The number of aryl methyl sites for hydroxylation is 1. The highest BCUT2D eigenvalue weighted by Gasteiger charge is 2.22. The smallest absolute Gasteiger partial charge is 0.323 e. The number of carbonyl (C=O) groups is 1. The summed E-state index contributed by atoms with van der Waals surface area (Å²) >= 11 is 0. The normalized spacial score (nSPS) is 12.9. The first-order valence-corrected chi connectivity index (χ1v) is 8.17. The molecule has 0 saturated carbocycles. The first-order valence-electron chi connectivity index (χ1n) is 6.68. The zero-order valence-corrected chi connectivity index (χ0v) is 12.9. The van der Waals surface area contributed by atoms with E-state index in [0.29, 0.717) is 0 Å². The molecule has 0 aliphatic carbocycles. The molecule has 20 heavy (non-hydrogen) atoms. The van der Waals surface area contributed by atoms with Crippen molar-refractivity contribution in [1.82, 2.24) is 4.72 Å². The van der Waals surface area contributed by atoms with Gasteiger partial charge in [0.25, 0.3) is 0 Å². The SMILES string of the molecule is CCCc1ccc(S(=O)(=O)NC(C)C(=O)OCC)cc1. The van der Waals surface area contributed by atoms with E-state index in [-0.39, 0.29) is 11.5 Å². The molecule has 5 nitrogen and oxygen atoms in total. The van der Waals surface area contributed by atoms with Gasteiger partial charge in [0.15, 0.2) is 0 Å². The summed E-state index contributed by atoms with van der Waals surface area (Å²) in [6.45, 7) is 5.41. The first-order chi connectivity index (χ1) is 9.40. The number of hydrogen-bond acceptors (Lipinski definition) is 4. The summed E-state index contributed by atoms with van der Waals surface area (Å²) in [5.41, 5.74) is 1.09. The molecule has 0 heterocycles. The summed E-state index contributed by atoms with van der Waals surface area (Å²) < 4.78 is 31.3. The summed E-state index contributed by atoms with van der Waals surface area (Å²) in [5, 5.41) is 0. The molecule has 0 aliphatic heterocycles. The summed E-state index contributed by atoms with van der Waals surface area (Å²) in [7, 11) is -3.71. The van der Waals surface area contributed by atoms with Crippen LogP contribution in [0.1, 0.15) is 32.8 Å². The Morgan fingerprint density at radius 2 is 1.85 bits per heavy atom. The number of rotatable bonds is 7. The van der Waals surface area contributed by atoms with Gasteiger partial charge < -0.3 is 4.74 Å². The van der Waals surface area contributed by atoms with E-state index in [1.54, 1.807) is 31.2 Å². The highest BCUT2D eigenvalue weighted by molar-refractivity contribution is 7.89. The highest BCUT2D eigenvalue weighted by Crippen LogP contribution is 2.12. The lowest BCUT2D eigenvalue weighted by molar-refractivity contribution is -0.144. The molecule has 0 aliphatic rings. The number of nitrogens with one attached hydrogen (secondary N) is 1. The number of benzene rings is 1. The van der Waals surface area contributed by atoms with Crippen LogP contribution >= 0.6 is 0 Å². The van der Waals surface area contributed by atoms with Crippen molar-refractivity contribution < 1.29 is 17.9 Å². The molecule has 6 heteroatoms. The molecule has 0 spiro atoms. The van der Waals surface area contributed by atoms with Gasteiger partial charge in [-0.05, 0) is 38.0 Å². The van der Waals surface area contributed by atoms with Gasteiger partial charge in [0.1, 0.15) is 6.04 Å². The minimum atomic E-state index is -3.71. The Balaban J connectivity index is 2.80. The quantitative estimate of drug-likeness (QED) is 0.780. The van der Waals surface area contributed by atoms with Crippen LogP contribution in [0.3, 0.4) is 0 Å². The molecule has 1 aromatic carbocycles. The largest absolute Gasteiger partial charge is 0.465 e. The van der Waals surface area contributed by atoms with Crippen LogP contribution in [0.5, 0.6) is 0 Å². The molecule has 0 bridgehead atoms. The van der Waals surface area contributed by atoms with E-state index in [1.807, 2.05) is 0 Å². The Labute approximate surface area is 120 Å². The van der Waals surface area contributed by atoms with Crippen LogP contribution in [0.2, 0.25) is 0 Å². The summed E-state index contributed by atoms with van der Waals surface area (Å²) in [6, 6.07) is 5.76. The second kappa shape index (κ2) is 7.40. The van der Waals surface area contributed by atoms with Crippen molar-refractivity contribution in [3.05, 3.63) is 29.8 Å².